The molecular formula is C15H33N3O2. The van der Waals surface area contributed by atoms with Gasteiger partial charge in [0, 0.05) is 32.8 Å². The summed E-state index contributed by atoms with van der Waals surface area (Å²) in [6.45, 7) is 10.9. The van der Waals surface area contributed by atoms with Crippen LogP contribution in [-0.4, -0.2) is 50.5 Å². The molecule has 0 bridgehead atoms. The molecule has 5 heteroatoms. The number of rotatable bonds is 10. The second-order valence-corrected chi connectivity index (χ2v) is 5.38. The Labute approximate surface area is 124 Å². The van der Waals surface area contributed by atoms with Crippen molar-refractivity contribution < 1.29 is 9.84 Å². The lowest BCUT2D eigenvalue weighted by Crippen LogP contribution is -2.44. The predicted molar refractivity (Wildman–Crippen MR) is 85.2 cm³/mol. The van der Waals surface area contributed by atoms with E-state index in [1.807, 2.05) is 0 Å². The number of nitrogens with one attached hydrogen (secondary N) is 2. The summed E-state index contributed by atoms with van der Waals surface area (Å²) in [6.07, 6.45) is 2.86. The molecule has 1 atom stereocenters. The number of hydrogen-bond donors (Lipinski definition) is 3. The van der Waals surface area contributed by atoms with Crippen LogP contribution in [0.15, 0.2) is 4.99 Å². The minimum atomic E-state index is 0.0988. The van der Waals surface area contributed by atoms with E-state index in [2.05, 4.69) is 38.3 Å². The number of methoxy groups -OCH3 is 1. The van der Waals surface area contributed by atoms with Gasteiger partial charge in [-0.3, -0.25) is 4.99 Å². The molecule has 0 aromatic carbocycles. The molecule has 0 aliphatic carbocycles. The normalized spacial score (nSPS) is 14.2. The van der Waals surface area contributed by atoms with Crippen LogP contribution in [0.3, 0.4) is 0 Å². The monoisotopic (exact) mass is 287 g/mol. The van der Waals surface area contributed by atoms with Gasteiger partial charge < -0.3 is 20.5 Å². The molecule has 0 radical (unpaired) electrons. The van der Waals surface area contributed by atoms with Crippen LogP contribution >= 0.6 is 0 Å². The van der Waals surface area contributed by atoms with Crippen LogP contribution in [0, 0.1) is 5.41 Å². The molecule has 0 aromatic rings. The highest BCUT2D eigenvalue weighted by Crippen LogP contribution is 2.30. The van der Waals surface area contributed by atoms with Gasteiger partial charge in [-0.25, -0.2) is 0 Å². The van der Waals surface area contributed by atoms with E-state index < -0.39 is 0 Å². The Bertz CT molecular complexity index is 266. The lowest BCUT2D eigenvalue weighted by Gasteiger charge is -2.29. The standard InChI is InChI=1S/C15H33N3O2/c1-6-15(7-2,9-10-19)12-17-14(16-8-3)18-13(4)11-20-5/h13,19H,6-12H2,1-5H3,(H2,16,17,18). The van der Waals surface area contributed by atoms with Gasteiger partial charge in [-0.05, 0) is 38.5 Å². The van der Waals surface area contributed by atoms with Gasteiger partial charge in [0.25, 0.3) is 0 Å². The van der Waals surface area contributed by atoms with Crippen molar-refractivity contribution in [1.29, 1.82) is 0 Å². The molecule has 120 valence electrons. The highest BCUT2D eigenvalue weighted by atomic mass is 16.5. The molecule has 3 N–H and O–H groups in total. The average Bonchev–Trinajstić information content (AvgIpc) is 2.44. The van der Waals surface area contributed by atoms with Crippen LogP contribution in [-0.2, 0) is 4.74 Å². The summed E-state index contributed by atoms with van der Waals surface area (Å²) in [5, 5.41) is 15.8. The van der Waals surface area contributed by atoms with E-state index in [9.17, 15) is 5.11 Å². The Balaban J connectivity index is 4.71. The van der Waals surface area contributed by atoms with Gasteiger partial charge in [0.15, 0.2) is 5.96 Å². The molecule has 0 heterocycles. The van der Waals surface area contributed by atoms with Gasteiger partial charge in [0.2, 0.25) is 0 Å². The number of aliphatic imine (C=N–C) groups is 1. The molecule has 0 spiro atoms. The number of guanidine groups is 1. The van der Waals surface area contributed by atoms with Crippen molar-refractivity contribution in [2.45, 2.75) is 53.0 Å². The topological polar surface area (TPSA) is 65.9 Å². The van der Waals surface area contributed by atoms with Gasteiger partial charge in [-0.15, -0.1) is 0 Å². The predicted octanol–water partition coefficient (Wildman–Crippen LogP) is 1.77. The molecular weight excluding hydrogens is 254 g/mol. The van der Waals surface area contributed by atoms with Crippen molar-refractivity contribution in [3.8, 4) is 0 Å². The van der Waals surface area contributed by atoms with Crippen LogP contribution in [0.4, 0.5) is 0 Å². The quantitative estimate of drug-likeness (QED) is 0.423. The highest BCUT2D eigenvalue weighted by molar-refractivity contribution is 5.80. The molecule has 0 rings (SSSR count). The zero-order valence-electron chi connectivity index (χ0n) is 13.8. The lowest BCUT2D eigenvalue weighted by molar-refractivity contribution is 0.174. The Morgan fingerprint density at radius 1 is 1.30 bits per heavy atom. The third kappa shape index (κ3) is 7.10. The molecule has 0 aliphatic rings. The third-order valence-corrected chi connectivity index (χ3v) is 3.86. The summed E-state index contributed by atoms with van der Waals surface area (Å²) in [4.78, 5) is 4.70. The van der Waals surface area contributed by atoms with Crippen molar-refractivity contribution >= 4 is 5.96 Å². The Kier molecular flexibility index (Phi) is 10.5. The molecule has 0 aromatic heterocycles. The van der Waals surface area contributed by atoms with E-state index in [0.717, 1.165) is 38.3 Å². The first-order valence-corrected chi connectivity index (χ1v) is 7.72. The first-order valence-electron chi connectivity index (χ1n) is 7.72. The maximum Gasteiger partial charge on any atom is 0.191 e. The van der Waals surface area contributed by atoms with Crippen LogP contribution in [0.1, 0.15) is 47.0 Å². The zero-order valence-corrected chi connectivity index (χ0v) is 13.8. The van der Waals surface area contributed by atoms with Crippen LogP contribution < -0.4 is 10.6 Å². The van der Waals surface area contributed by atoms with Crippen molar-refractivity contribution in [2.24, 2.45) is 10.4 Å². The van der Waals surface area contributed by atoms with E-state index in [1.165, 1.54) is 0 Å². The maximum absolute atomic E-state index is 9.25. The van der Waals surface area contributed by atoms with E-state index >= 15 is 0 Å². The van der Waals surface area contributed by atoms with Crippen molar-refractivity contribution in [3.05, 3.63) is 0 Å². The van der Waals surface area contributed by atoms with Crippen LogP contribution in [0.5, 0.6) is 0 Å². The van der Waals surface area contributed by atoms with E-state index in [0.29, 0.717) is 6.61 Å². The van der Waals surface area contributed by atoms with Gasteiger partial charge in [0.1, 0.15) is 0 Å². The SMILES string of the molecule is CCNC(=NCC(CC)(CC)CCO)NC(C)COC. The molecule has 1 unspecified atom stereocenters. The van der Waals surface area contributed by atoms with Gasteiger partial charge in [-0.1, -0.05) is 13.8 Å². The zero-order chi connectivity index (χ0) is 15.4. The fourth-order valence-electron chi connectivity index (χ4n) is 2.24. The summed E-state index contributed by atoms with van der Waals surface area (Å²) in [5.41, 5.74) is 0.0988. The van der Waals surface area contributed by atoms with Crippen molar-refractivity contribution in [2.75, 3.05) is 33.4 Å². The summed E-state index contributed by atoms with van der Waals surface area (Å²) >= 11 is 0. The molecule has 20 heavy (non-hydrogen) atoms. The van der Waals surface area contributed by atoms with Crippen molar-refractivity contribution in [3.63, 3.8) is 0 Å². The minimum absolute atomic E-state index is 0.0988. The summed E-state index contributed by atoms with van der Waals surface area (Å²) in [7, 11) is 1.70. The Hall–Kier alpha value is -0.810. The smallest absolute Gasteiger partial charge is 0.191 e. The second kappa shape index (κ2) is 10.9. The molecule has 0 saturated carbocycles. The van der Waals surface area contributed by atoms with Crippen molar-refractivity contribution in [1.82, 2.24) is 10.6 Å². The average molecular weight is 287 g/mol. The molecule has 0 saturated heterocycles. The van der Waals surface area contributed by atoms with Gasteiger partial charge in [-0.2, -0.15) is 0 Å². The first-order chi connectivity index (χ1) is 9.57. The van der Waals surface area contributed by atoms with E-state index in [1.54, 1.807) is 7.11 Å². The second-order valence-electron chi connectivity index (χ2n) is 5.38. The molecule has 0 aliphatic heterocycles. The number of nitrogens with zero attached hydrogens (tertiary/aromatic N) is 1. The molecule has 0 amide bonds. The fourth-order valence-corrected chi connectivity index (χ4v) is 2.24. The molecule has 0 fully saturated rings. The number of ether oxygens (including phenoxy) is 1. The largest absolute Gasteiger partial charge is 0.396 e. The first kappa shape index (κ1) is 19.2. The number of hydrogen-bond acceptors (Lipinski definition) is 3. The lowest BCUT2D eigenvalue weighted by atomic mass is 9.79. The Morgan fingerprint density at radius 2 is 1.95 bits per heavy atom. The summed E-state index contributed by atoms with van der Waals surface area (Å²) < 4.78 is 5.13. The van der Waals surface area contributed by atoms with Gasteiger partial charge in [0.05, 0.1) is 6.61 Å². The maximum atomic E-state index is 9.25. The van der Waals surface area contributed by atoms with E-state index in [-0.39, 0.29) is 18.1 Å². The summed E-state index contributed by atoms with van der Waals surface area (Å²) in [5.74, 6) is 0.821. The molecule has 5 nitrogen and oxygen atoms in total. The number of aliphatic hydroxyl groups is 1. The van der Waals surface area contributed by atoms with Gasteiger partial charge >= 0.3 is 0 Å². The fraction of sp³-hybridized carbons (Fsp3) is 0.933. The minimum Gasteiger partial charge on any atom is -0.396 e. The Morgan fingerprint density at radius 3 is 2.40 bits per heavy atom. The van der Waals surface area contributed by atoms with Crippen LogP contribution in [0.2, 0.25) is 0 Å². The highest BCUT2D eigenvalue weighted by Gasteiger charge is 2.25. The summed E-state index contributed by atoms with van der Waals surface area (Å²) in [6, 6.07) is 0.216. The number of aliphatic hydroxyl groups excluding tert-OH is 1. The van der Waals surface area contributed by atoms with Crippen LogP contribution in [0.25, 0.3) is 0 Å². The van der Waals surface area contributed by atoms with E-state index in [4.69, 9.17) is 9.73 Å². The third-order valence-electron chi connectivity index (χ3n) is 3.86.